The van der Waals surface area contributed by atoms with Gasteiger partial charge in [0, 0.05) is 44.8 Å². The van der Waals surface area contributed by atoms with Crippen LogP contribution in [0.5, 0.6) is 0 Å². The molecule has 8 nitrogen and oxygen atoms in total. The number of aliphatic imine (C=N–C) groups is 1. The van der Waals surface area contributed by atoms with Crippen LogP contribution < -0.4 is 5.32 Å². The lowest BCUT2D eigenvalue weighted by Crippen LogP contribution is -2.63. The van der Waals surface area contributed by atoms with Crippen LogP contribution in [0.15, 0.2) is 47.2 Å². The fourth-order valence-electron chi connectivity index (χ4n) is 3.63. The summed E-state index contributed by atoms with van der Waals surface area (Å²) in [7, 11) is 3.20. The molecule has 0 spiro atoms. The summed E-state index contributed by atoms with van der Waals surface area (Å²) in [5.74, 6) is 0.515. The molecule has 3 heterocycles. The molecule has 8 heteroatoms. The number of guanidine groups is 1. The van der Waals surface area contributed by atoms with Crippen LogP contribution in [0.1, 0.15) is 6.92 Å². The van der Waals surface area contributed by atoms with E-state index < -0.39 is 12.2 Å². The summed E-state index contributed by atoms with van der Waals surface area (Å²) in [6.45, 7) is 3.46. The third kappa shape index (κ3) is 2.40. The summed E-state index contributed by atoms with van der Waals surface area (Å²) >= 11 is 0. The molecule has 136 valence electrons. The van der Waals surface area contributed by atoms with Gasteiger partial charge in [0.2, 0.25) is 5.96 Å². The van der Waals surface area contributed by atoms with Gasteiger partial charge in [-0.25, -0.2) is 9.79 Å². The van der Waals surface area contributed by atoms with Gasteiger partial charge < -0.3 is 20.0 Å². The largest absolute Gasteiger partial charge is 0.383 e. The van der Waals surface area contributed by atoms with E-state index in [2.05, 4.69) is 10.2 Å². The molecule has 2 atom stereocenters. The number of carbonyl (C=O) groups is 2. The molecule has 1 N–H and O–H groups in total. The first-order chi connectivity index (χ1) is 12.5. The smallest absolute Gasteiger partial charge is 0.328 e. The summed E-state index contributed by atoms with van der Waals surface area (Å²) in [5, 5.41) is 3.38. The van der Waals surface area contributed by atoms with Crippen LogP contribution in [-0.2, 0) is 4.79 Å². The zero-order valence-electron chi connectivity index (χ0n) is 15.1. The van der Waals surface area contributed by atoms with Crippen molar-refractivity contribution in [1.29, 1.82) is 0 Å². The summed E-state index contributed by atoms with van der Waals surface area (Å²) in [6.07, 6.45) is 1.47. The summed E-state index contributed by atoms with van der Waals surface area (Å²) in [6, 6.07) is 9.21. The number of urea groups is 1. The summed E-state index contributed by atoms with van der Waals surface area (Å²) in [5.41, 5.74) is 2.10. The average Bonchev–Trinajstić information content (AvgIpc) is 3.15. The molecule has 1 fully saturated rings. The number of carbonyl (C=O) groups excluding carboxylic acids is 2. The van der Waals surface area contributed by atoms with Gasteiger partial charge in [-0.1, -0.05) is 18.2 Å². The van der Waals surface area contributed by atoms with Crippen molar-refractivity contribution >= 4 is 23.6 Å². The van der Waals surface area contributed by atoms with Gasteiger partial charge in [0.1, 0.15) is 0 Å². The van der Waals surface area contributed by atoms with Crippen molar-refractivity contribution in [3.8, 4) is 0 Å². The van der Waals surface area contributed by atoms with Crippen LogP contribution in [-0.4, -0.2) is 76.9 Å². The molecular weight excluding hydrogens is 332 g/mol. The van der Waals surface area contributed by atoms with Gasteiger partial charge in [0.05, 0.1) is 0 Å². The second-order valence-electron chi connectivity index (χ2n) is 6.70. The lowest BCUT2D eigenvalue weighted by atomic mass is 10.1. The second kappa shape index (κ2) is 6.05. The van der Waals surface area contributed by atoms with E-state index in [4.69, 9.17) is 4.99 Å². The van der Waals surface area contributed by atoms with E-state index in [1.54, 1.807) is 7.05 Å². The fraction of sp³-hybridized carbons (Fsp3) is 0.389. The maximum atomic E-state index is 12.6. The minimum Gasteiger partial charge on any atom is -0.383 e. The minimum absolute atomic E-state index is 0.217. The third-order valence-corrected chi connectivity index (χ3v) is 5.06. The van der Waals surface area contributed by atoms with Gasteiger partial charge in [-0.2, -0.15) is 0 Å². The molecule has 3 aliphatic heterocycles. The monoisotopic (exact) mass is 354 g/mol. The van der Waals surface area contributed by atoms with Crippen LogP contribution >= 0.6 is 0 Å². The number of amides is 3. The quantitative estimate of drug-likeness (QED) is 0.879. The standard InChI is InChI=1S/C18H22N6O2/c1-12-11-24-14-15(21(2)18(26)22(3)16(14)25)20-17(24)23(12)10-9-19-13-7-5-4-6-8-13/h4-8,11,14-15,19H,9-10H2,1-3H3. The van der Waals surface area contributed by atoms with Gasteiger partial charge in [0.15, 0.2) is 12.2 Å². The molecule has 3 amide bonds. The van der Waals surface area contributed by atoms with Crippen LogP contribution in [0.3, 0.4) is 0 Å². The Morgan fingerprint density at radius 2 is 1.88 bits per heavy atom. The number of imide groups is 1. The number of anilines is 1. The van der Waals surface area contributed by atoms with Gasteiger partial charge >= 0.3 is 6.03 Å². The number of benzene rings is 1. The molecule has 0 radical (unpaired) electrons. The molecule has 0 bridgehead atoms. The summed E-state index contributed by atoms with van der Waals surface area (Å²) < 4.78 is 0. The molecule has 0 saturated carbocycles. The number of hydrogen-bond donors (Lipinski definition) is 1. The molecule has 0 aliphatic carbocycles. The van der Waals surface area contributed by atoms with Crippen LogP contribution in [0.4, 0.5) is 10.5 Å². The Labute approximate surface area is 152 Å². The van der Waals surface area contributed by atoms with Gasteiger partial charge in [-0.05, 0) is 19.1 Å². The summed E-state index contributed by atoms with van der Waals surface area (Å²) in [4.78, 5) is 36.2. The minimum atomic E-state index is -0.486. The number of hydrogen-bond acceptors (Lipinski definition) is 6. The van der Waals surface area contributed by atoms with E-state index in [1.165, 1.54) is 16.8 Å². The SMILES string of the molecule is CC1=CN2C(=NC3C2C(=O)N(C)C(=O)N3C)N1CCNc1ccccc1. The van der Waals surface area contributed by atoms with Gasteiger partial charge in [0.25, 0.3) is 5.91 Å². The number of nitrogens with one attached hydrogen (secondary N) is 1. The first kappa shape index (κ1) is 16.4. The Kier molecular flexibility index (Phi) is 3.82. The van der Waals surface area contributed by atoms with Crippen molar-refractivity contribution in [1.82, 2.24) is 19.6 Å². The zero-order valence-corrected chi connectivity index (χ0v) is 15.1. The molecule has 1 aromatic carbocycles. The van der Waals surface area contributed by atoms with E-state index >= 15 is 0 Å². The van der Waals surface area contributed by atoms with Crippen molar-refractivity contribution in [3.05, 3.63) is 42.2 Å². The molecule has 2 unspecified atom stereocenters. The second-order valence-corrected chi connectivity index (χ2v) is 6.70. The Morgan fingerprint density at radius 1 is 1.15 bits per heavy atom. The average molecular weight is 354 g/mol. The van der Waals surface area contributed by atoms with E-state index in [-0.39, 0.29) is 11.9 Å². The van der Waals surface area contributed by atoms with E-state index in [0.717, 1.165) is 23.9 Å². The third-order valence-electron chi connectivity index (χ3n) is 5.06. The number of para-hydroxylation sites is 1. The van der Waals surface area contributed by atoms with Crippen molar-refractivity contribution in [3.63, 3.8) is 0 Å². The number of rotatable bonds is 4. The molecule has 3 aliphatic rings. The van der Waals surface area contributed by atoms with Gasteiger partial charge in [-0.3, -0.25) is 9.69 Å². The predicted octanol–water partition coefficient (Wildman–Crippen LogP) is 1.17. The highest BCUT2D eigenvalue weighted by atomic mass is 16.2. The van der Waals surface area contributed by atoms with Crippen LogP contribution in [0, 0.1) is 0 Å². The molecule has 4 rings (SSSR count). The Balaban J connectivity index is 1.50. The number of allylic oxidation sites excluding steroid dienone is 1. The highest BCUT2D eigenvalue weighted by Gasteiger charge is 2.53. The Hall–Kier alpha value is -3.03. The number of likely N-dealkylation sites (N-methyl/N-ethyl adjacent to an activating group) is 2. The van der Waals surface area contributed by atoms with E-state index in [0.29, 0.717) is 6.54 Å². The lowest BCUT2D eigenvalue weighted by molar-refractivity contribution is -0.135. The van der Waals surface area contributed by atoms with E-state index in [1.807, 2.05) is 48.4 Å². The van der Waals surface area contributed by atoms with Crippen LogP contribution in [0.25, 0.3) is 0 Å². The van der Waals surface area contributed by atoms with Crippen LogP contribution in [0.2, 0.25) is 0 Å². The Bertz CT molecular complexity index is 805. The zero-order chi connectivity index (χ0) is 18.4. The van der Waals surface area contributed by atoms with Crippen molar-refractivity contribution < 1.29 is 9.59 Å². The Morgan fingerprint density at radius 3 is 2.62 bits per heavy atom. The molecule has 1 saturated heterocycles. The fourth-order valence-corrected chi connectivity index (χ4v) is 3.63. The van der Waals surface area contributed by atoms with Crippen molar-refractivity contribution in [2.24, 2.45) is 4.99 Å². The van der Waals surface area contributed by atoms with Gasteiger partial charge in [-0.15, -0.1) is 0 Å². The molecule has 0 aromatic heterocycles. The van der Waals surface area contributed by atoms with Crippen molar-refractivity contribution in [2.45, 2.75) is 19.1 Å². The molecular formula is C18H22N6O2. The number of fused-ring (bicyclic) bond motifs is 3. The normalized spacial score (nSPS) is 24.6. The lowest BCUT2D eigenvalue weighted by Gasteiger charge is -2.38. The maximum Gasteiger partial charge on any atom is 0.328 e. The number of nitrogens with zero attached hydrogens (tertiary/aromatic N) is 5. The first-order valence-corrected chi connectivity index (χ1v) is 8.64. The first-order valence-electron chi connectivity index (χ1n) is 8.64. The maximum absolute atomic E-state index is 12.6. The van der Waals surface area contributed by atoms with Crippen molar-refractivity contribution in [2.75, 3.05) is 32.5 Å². The molecule has 26 heavy (non-hydrogen) atoms. The highest BCUT2D eigenvalue weighted by molar-refractivity contribution is 6.04. The predicted molar refractivity (Wildman–Crippen MR) is 98.2 cm³/mol. The highest BCUT2D eigenvalue weighted by Crippen LogP contribution is 2.33. The topological polar surface area (TPSA) is 71.5 Å². The van der Waals surface area contributed by atoms with E-state index in [9.17, 15) is 9.59 Å². The molecule has 1 aromatic rings.